The van der Waals surface area contributed by atoms with E-state index >= 15 is 0 Å². The van der Waals surface area contributed by atoms with Crippen LogP contribution in [0.25, 0.3) is 0 Å². The molecule has 120 valence electrons. The number of carbonyl (C=O) groups is 1. The van der Waals surface area contributed by atoms with Crippen molar-refractivity contribution >= 4 is 6.09 Å². The Morgan fingerprint density at radius 2 is 1.60 bits per heavy atom. The molecule has 1 fully saturated rings. The van der Waals surface area contributed by atoms with Gasteiger partial charge in [-0.3, -0.25) is 0 Å². The van der Waals surface area contributed by atoms with Crippen molar-refractivity contribution in [3.05, 3.63) is 11.8 Å². The fourth-order valence-electron chi connectivity index (χ4n) is 2.81. The fourth-order valence-corrected chi connectivity index (χ4v) is 2.81. The molecular weight excluding hydrogens is 302 g/mol. The molecule has 3 nitrogen and oxygen atoms in total. The van der Waals surface area contributed by atoms with E-state index in [0.29, 0.717) is 5.92 Å². The van der Waals surface area contributed by atoms with Crippen molar-refractivity contribution < 1.29 is 26.6 Å². The van der Waals surface area contributed by atoms with Crippen molar-refractivity contribution in [1.82, 2.24) is 4.90 Å². The summed E-state index contributed by atoms with van der Waals surface area (Å²) in [5, 5.41) is 0. The minimum Gasteiger partial charge on any atom is -0.602 e. The van der Waals surface area contributed by atoms with Crippen molar-refractivity contribution in [3.63, 3.8) is 0 Å². The summed E-state index contributed by atoms with van der Waals surface area (Å²) in [5.74, 6) is 0.549. The molecule has 0 aromatic carbocycles. The largest absolute Gasteiger partial charge is 1.00 e. The maximum Gasteiger partial charge on any atom is 1.00 e. The van der Waals surface area contributed by atoms with E-state index in [2.05, 4.69) is 6.26 Å². The number of ether oxygens (including phenoxy) is 1. The molecule has 20 heavy (non-hydrogen) atoms. The van der Waals surface area contributed by atoms with E-state index in [1.54, 1.807) is 4.90 Å². The second-order valence-electron chi connectivity index (χ2n) is 6.08. The molecule has 0 spiro atoms. The summed E-state index contributed by atoms with van der Waals surface area (Å²) in [5.41, 5.74) is 1.08. The van der Waals surface area contributed by atoms with Gasteiger partial charge in [-0.15, -0.1) is 5.57 Å². The first kappa shape index (κ1) is 19.5. The van der Waals surface area contributed by atoms with Gasteiger partial charge >= 0.3 is 17.1 Å². The van der Waals surface area contributed by atoms with Crippen LogP contribution in [0.4, 0.5) is 4.79 Å². The van der Waals surface area contributed by atoms with Gasteiger partial charge in [0.1, 0.15) is 0 Å². The first-order valence-corrected chi connectivity index (χ1v) is 7.52. The van der Waals surface area contributed by atoms with E-state index in [0.717, 1.165) is 5.57 Å². The van der Waals surface area contributed by atoms with Crippen molar-refractivity contribution in [3.8, 4) is 0 Å². The second-order valence-corrected chi connectivity index (χ2v) is 6.08. The summed E-state index contributed by atoms with van der Waals surface area (Å²) in [7, 11) is 0. The minimum atomic E-state index is -0.292. The quantitative estimate of drug-likeness (QED) is 0.431. The fraction of sp³-hybridized carbons (Fsp3) is 0.812. The number of rotatable bonds is 4. The SMILES string of the molecule is CC(=[C-]OC(=O)N(C(C)C)C(C)C)C1CCCCC1.[Cu+]. The van der Waals surface area contributed by atoms with Crippen LogP contribution in [0.5, 0.6) is 0 Å². The Bertz CT molecular complexity index is 312. The summed E-state index contributed by atoms with van der Waals surface area (Å²) >= 11 is 0. The predicted octanol–water partition coefficient (Wildman–Crippen LogP) is 4.53. The van der Waals surface area contributed by atoms with E-state index in [9.17, 15) is 4.79 Å². The van der Waals surface area contributed by atoms with E-state index in [4.69, 9.17) is 4.74 Å². The first-order chi connectivity index (χ1) is 8.93. The van der Waals surface area contributed by atoms with Crippen molar-refractivity contribution in [1.29, 1.82) is 0 Å². The molecule has 0 saturated heterocycles. The number of carbonyl (C=O) groups excluding carboxylic acids is 1. The number of allylic oxidation sites excluding steroid dienone is 1. The van der Waals surface area contributed by atoms with Crippen LogP contribution in [0.1, 0.15) is 66.7 Å². The van der Waals surface area contributed by atoms with Crippen molar-refractivity contribution in [2.24, 2.45) is 5.92 Å². The summed E-state index contributed by atoms with van der Waals surface area (Å²) in [6.07, 6.45) is 8.87. The topological polar surface area (TPSA) is 29.5 Å². The van der Waals surface area contributed by atoms with Gasteiger partial charge in [-0.1, -0.05) is 32.4 Å². The van der Waals surface area contributed by atoms with Crippen molar-refractivity contribution in [2.75, 3.05) is 0 Å². The molecule has 1 rings (SSSR count). The Kier molecular flexibility index (Phi) is 9.24. The maximum absolute atomic E-state index is 12.0. The Morgan fingerprint density at radius 1 is 1.10 bits per heavy atom. The average molecular weight is 330 g/mol. The van der Waals surface area contributed by atoms with Crippen LogP contribution in [-0.2, 0) is 21.8 Å². The Balaban J connectivity index is 0.00000361. The summed E-state index contributed by atoms with van der Waals surface area (Å²) in [6.45, 7) is 10.0. The third-order valence-electron chi connectivity index (χ3n) is 3.84. The van der Waals surface area contributed by atoms with E-state index in [-0.39, 0.29) is 35.2 Å². The Hall–Kier alpha value is -0.471. The van der Waals surface area contributed by atoms with Gasteiger partial charge in [0.15, 0.2) is 0 Å². The van der Waals surface area contributed by atoms with Crippen LogP contribution in [-0.4, -0.2) is 23.1 Å². The zero-order chi connectivity index (χ0) is 14.4. The standard InChI is InChI=1S/C16H28NO2.Cu/c1-12(2)17(13(3)4)16(18)19-11-14(5)15-9-7-6-8-10-15;/h12-13,15H,6-10H2,1-5H3;/q-1;+1. The first-order valence-electron chi connectivity index (χ1n) is 7.52. The number of nitrogens with zero attached hydrogens (tertiary/aromatic N) is 1. The van der Waals surface area contributed by atoms with Gasteiger partial charge < -0.3 is 14.4 Å². The number of amides is 1. The molecule has 0 unspecified atom stereocenters. The van der Waals surface area contributed by atoms with Gasteiger partial charge in [-0.25, -0.2) is 0 Å². The van der Waals surface area contributed by atoms with Crippen LogP contribution in [0.3, 0.4) is 0 Å². The summed E-state index contributed by atoms with van der Waals surface area (Å²) < 4.78 is 5.24. The molecule has 0 radical (unpaired) electrons. The number of hydrogen-bond donors (Lipinski definition) is 0. The van der Waals surface area contributed by atoms with Crippen LogP contribution in [0.2, 0.25) is 0 Å². The molecule has 0 aliphatic heterocycles. The third-order valence-corrected chi connectivity index (χ3v) is 3.84. The van der Waals surface area contributed by atoms with Gasteiger partial charge in [-0.2, -0.15) is 0 Å². The molecule has 1 amide bonds. The van der Waals surface area contributed by atoms with Gasteiger partial charge in [0, 0.05) is 12.1 Å². The van der Waals surface area contributed by atoms with E-state index < -0.39 is 0 Å². The molecule has 4 heteroatoms. The van der Waals surface area contributed by atoms with Crippen LogP contribution in [0, 0.1) is 12.2 Å². The molecule has 0 N–H and O–H groups in total. The van der Waals surface area contributed by atoms with Gasteiger partial charge in [0.2, 0.25) is 6.09 Å². The normalized spacial score (nSPS) is 17.1. The van der Waals surface area contributed by atoms with Gasteiger partial charge in [0.05, 0.1) is 0 Å². The predicted molar refractivity (Wildman–Crippen MR) is 77.6 cm³/mol. The number of hydrogen-bond acceptors (Lipinski definition) is 2. The van der Waals surface area contributed by atoms with Crippen LogP contribution in [0.15, 0.2) is 5.57 Å². The van der Waals surface area contributed by atoms with Crippen LogP contribution < -0.4 is 0 Å². The Labute approximate surface area is 134 Å². The monoisotopic (exact) mass is 329 g/mol. The molecule has 0 bridgehead atoms. The molecule has 1 aliphatic rings. The molecular formula is C16H28CuNO2. The molecule has 0 aromatic rings. The molecule has 0 aromatic heterocycles. The minimum absolute atomic E-state index is 0. The van der Waals surface area contributed by atoms with Crippen LogP contribution >= 0.6 is 0 Å². The molecule has 1 aliphatic carbocycles. The molecule has 0 atom stereocenters. The van der Waals surface area contributed by atoms with Crippen molar-refractivity contribution in [2.45, 2.75) is 78.8 Å². The van der Waals surface area contributed by atoms with Gasteiger partial charge in [0.25, 0.3) is 0 Å². The summed E-state index contributed by atoms with van der Waals surface area (Å²) in [6, 6.07) is 0.286. The molecule has 1 saturated carbocycles. The Morgan fingerprint density at radius 3 is 2.05 bits per heavy atom. The summed E-state index contributed by atoms with van der Waals surface area (Å²) in [4.78, 5) is 13.8. The average Bonchev–Trinajstić information content (AvgIpc) is 2.36. The zero-order valence-corrected chi connectivity index (χ0v) is 14.3. The molecule has 0 heterocycles. The second kappa shape index (κ2) is 9.46. The smallest absolute Gasteiger partial charge is 0.602 e. The maximum atomic E-state index is 12.0. The van der Waals surface area contributed by atoms with Gasteiger partial charge in [-0.05, 0) is 46.5 Å². The van der Waals surface area contributed by atoms with E-state index in [1.165, 1.54) is 32.1 Å². The third kappa shape index (κ3) is 5.88. The van der Waals surface area contributed by atoms with E-state index in [1.807, 2.05) is 34.6 Å². The zero-order valence-electron chi connectivity index (χ0n) is 13.3.